The summed E-state index contributed by atoms with van der Waals surface area (Å²) in [5, 5.41) is 0. The molecule has 0 radical (unpaired) electrons. The van der Waals surface area contributed by atoms with Gasteiger partial charge in [-0.25, -0.2) is 0 Å². The van der Waals surface area contributed by atoms with E-state index in [1.807, 2.05) is 60.7 Å². The molecule has 2 fully saturated rings. The molecule has 2 unspecified atom stereocenters. The number of hydrogen-bond acceptors (Lipinski definition) is 8. The summed E-state index contributed by atoms with van der Waals surface area (Å²) in [6, 6.07) is 19.2. The smallest absolute Gasteiger partial charge is 0.305 e. The van der Waals surface area contributed by atoms with Gasteiger partial charge >= 0.3 is 22.7 Å². The van der Waals surface area contributed by atoms with Crippen molar-refractivity contribution in [1.29, 1.82) is 0 Å². The second-order valence-electron chi connectivity index (χ2n) is 6.77. The van der Waals surface area contributed by atoms with E-state index in [1.54, 1.807) is 0 Å². The van der Waals surface area contributed by atoms with Crippen LogP contribution in [0.5, 0.6) is 0 Å². The summed E-state index contributed by atoms with van der Waals surface area (Å²) in [5.41, 5.74) is 1.91. The van der Waals surface area contributed by atoms with E-state index in [-0.39, 0.29) is 26.4 Å². The molecule has 0 bridgehead atoms. The van der Waals surface area contributed by atoms with Crippen molar-refractivity contribution < 1.29 is 34.6 Å². The third kappa shape index (κ3) is 5.80. The largest absolute Gasteiger partial charge is 0.368 e. The molecule has 0 aromatic heterocycles. The predicted octanol–water partition coefficient (Wildman–Crippen LogP) is 2.15. The van der Waals surface area contributed by atoms with Crippen molar-refractivity contribution in [1.82, 2.24) is 0 Å². The van der Waals surface area contributed by atoms with E-state index < -0.39 is 47.1 Å². The van der Waals surface area contributed by atoms with Gasteiger partial charge in [0.25, 0.3) is 0 Å². The zero-order chi connectivity index (χ0) is 20.8. The highest BCUT2D eigenvalue weighted by Gasteiger charge is 2.45. The second kappa shape index (κ2) is 10.7. The second-order valence-corrected chi connectivity index (χ2v) is 8.44. The Balaban J connectivity index is 1.54. The maximum absolute atomic E-state index is 11.7. The Morgan fingerprint density at radius 3 is 1.47 bits per heavy atom. The minimum absolute atomic E-state index is 0.0773. The van der Waals surface area contributed by atoms with Gasteiger partial charge in [0, 0.05) is 0 Å². The molecule has 6 atom stereocenters. The normalized spacial score (nSPS) is 28.4. The lowest BCUT2D eigenvalue weighted by molar-refractivity contribution is -0.149. The molecule has 30 heavy (non-hydrogen) atoms. The van der Waals surface area contributed by atoms with Crippen LogP contribution in [0.4, 0.5) is 0 Å². The van der Waals surface area contributed by atoms with Crippen LogP contribution in [-0.2, 0) is 62.1 Å². The zero-order valence-electron chi connectivity index (χ0n) is 16.0. The number of rotatable bonds is 9. The minimum atomic E-state index is -1.85. The lowest BCUT2D eigenvalue weighted by atomic mass is 10.0. The van der Waals surface area contributed by atoms with Crippen LogP contribution in [-0.4, -0.2) is 46.0 Å². The Morgan fingerprint density at radius 2 is 1.13 bits per heavy atom. The van der Waals surface area contributed by atoms with E-state index in [9.17, 15) is 8.42 Å². The quantitative estimate of drug-likeness (QED) is 0.569. The van der Waals surface area contributed by atoms with Crippen LogP contribution in [0.1, 0.15) is 11.1 Å². The summed E-state index contributed by atoms with van der Waals surface area (Å²) in [7, 11) is 0. The van der Waals surface area contributed by atoms with Gasteiger partial charge in [-0.15, -0.1) is 0 Å². The predicted molar refractivity (Wildman–Crippen MR) is 108 cm³/mol. The first kappa shape index (κ1) is 21.7. The van der Waals surface area contributed by atoms with E-state index in [1.165, 1.54) is 0 Å². The van der Waals surface area contributed by atoms with Crippen molar-refractivity contribution >= 4 is 22.7 Å². The van der Waals surface area contributed by atoms with E-state index in [2.05, 4.69) is 0 Å². The van der Waals surface area contributed by atoms with Crippen LogP contribution in [0, 0.1) is 0 Å². The van der Waals surface area contributed by atoms with Crippen LogP contribution in [0.3, 0.4) is 0 Å². The lowest BCUT2D eigenvalue weighted by Gasteiger charge is -2.32. The monoisotopic (exact) mass is 454 g/mol. The first-order chi connectivity index (χ1) is 14.7. The Labute approximate surface area is 180 Å². The maximum atomic E-state index is 11.7. The fraction of sp³-hybridized carbons (Fsp3) is 0.400. The molecule has 2 saturated heterocycles. The van der Waals surface area contributed by atoms with Gasteiger partial charge in [-0.05, 0) is 11.1 Å². The van der Waals surface area contributed by atoms with Gasteiger partial charge in [0.1, 0.15) is 24.4 Å². The average Bonchev–Trinajstić information content (AvgIpc) is 3.40. The van der Waals surface area contributed by atoms with Crippen molar-refractivity contribution in [3.8, 4) is 0 Å². The van der Waals surface area contributed by atoms with Crippen LogP contribution < -0.4 is 0 Å². The molecule has 0 spiro atoms. The molecule has 2 aromatic carbocycles. The molecule has 0 N–H and O–H groups in total. The standard InChI is InChI=1S/C20H22O8S2/c21-29-25-13-17(27-29)19(23-11-15-7-3-1-4-8-15)20(18-14-26-30(22)28-18)24-12-16-9-5-2-6-10-16/h1-10,17-20H,11-14H2/t17-,18-,19-,20-,29?,30?/m1/s1. The molecule has 4 rings (SSSR count). The molecule has 2 heterocycles. The average molecular weight is 455 g/mol. The van der Waals surface area contributed by atoms with Gasteiger partial charge in [-0.3, -0.25) is 16.7 Å². The molecule has 2 aromatic rings. The minimum Gasteiger partial charge on any atom is -0.368 e. The van der Waals surface area contributed by atoms with Crippen molar-refractivity contribution in [2.24, 2.45) is 0 Å². The fourth-order valence-corrected chi connectivity index (χ4v) is 4.55. The zero-order valence-corrected chi connectivity index (χ0v) is 17.6. The molecular weight excluding hydrogens is 432 g/mol. The van der Waals surface area contributed by atoms with Crippen molar-refractivity contribution in [2.75, 3.05) is 13.2 Å². The van der Waals surface area contributed by atoms with E-state index in [0.717, 1.165) is 11.1 Å². The Morgan fingerprint density at radius 1 is 0.733 bits per heavy atom. The first-order valence-electron chi connectivity index (χ1n) is 9.44. The summed E-state index contributed by atoms with van der Waals surface area (Å²) in [6.07, 6.45) is -2.67. The highest BCUT2D eigenvalue weighted by molar-refractivity contribution is 7.75. The van der Waals surface area contributed by atoms with Gasteiger partial charge in [-0.1, -0.05) is 60.7 Å². The third-order valence-electron chi connectivity index (χ3n) is 4.69. The number of ether oxygens (including phenoxy) is 2. The van der Waals surface area contributed by atoms with Gasteiger partial charge in [-0.2, -0.15) is 8.42 Å². The van der Waals surface area contributed by atoms with Crippen LogP contribution in [0.25, 0.3) is 0 Å². The topological polar surface area (TPSA) is 89.5 Å². The Bertz CT molecular complexity index is 779. The van der Waals surface area contributed by atoms with Crippen molar-refractivity contribution in [2.45, 2.75) is 37.6 Å². The summed E-state index contributed by atoms with van der Waals surface area (Å²) in [5.74, 6) is 0. The molecule has 10 heteroatoms. The van der Waals surface area contributed by atoms with E-state index in [4.69, 9.17) is 26.2 Å². The lowest BCUT2D eigenvalue weighted by Crippen LogP contribution is -2.49. The van der Waals surface area contributed by atoms with Gasteiger partial charge in [0.05, 0.1) is 26.4 Å². The van der Waals surface area contributed by atoms with Crippen LogP contribution in [0.15, 0.2) is 60.7 Å². The molecule has 2 aliphatic heterocycles. The molecule has 162 valence electrons. The highest BCUT2D eigenvalue weighted by atomic mass is 32.2. The summed E-state index contributed by atoms with van der Waals surface area (Å²) < 4.78 is 56.6. The van der Waals surface area contributed by atoms with Crippen molar-refractivity contribution in [3.05, 3.63) is 71.8 Å². The number of benzene rings is 2. The Kier molecular flexibility index (Phi) is 7.74. The summed E-state index contributed by atoms with van der Waals surface area (Å²) in [4.78, 5) is 0. The number of hydrogen-bond donors (Lipinski definition) is 0. The maximum Gasteiger partial charge on any atom is 0.305 e. The molecule has 2 aliphatic rings. The molecule has 0 saturated carbocycles. The van der Waals surface area contributed by atoms with Crippen molar-refractivity contribution in [3.63, 3.8) is 0 Å². The Hall–Kier alpha value is -1.50. The van der Waals surface area contributed by atoms with Crippen LogP contribution in [0.2, 0.25) is 0 Å². The third-order valence-corrected chi connectivity index (χ3v) is 6.15. The summed E-state index contributed by atoms with van der Waals surface area (Å²) >= 11 is -3.71. The highest BCUT2D eigenvalue weighted by Crippen LogP contribution is 2.27. The molecule has 0 amide bonds. The molecule has 8 nitrogen and oxygen atoms in total. The van der Waals surface area contributed by atoms with E-state index >= 15 is 0 Å². The van der Waals surface area contributed by atoms with Crippen LogP contribution >= 0.6 is 0 Å². The fourth-order valence-electron chi connectivity index (χ4n) is 3.22. The van der Waals surface area contributed by atoms with E-state index in [0.29, 0.717) is 0 Å². The first-order valence-corrected chi connectivity index (χ1v) is 11.4. The SMILES string of the molecule is O=S1OC[C@H]([C@@H](OCc2ccccc2)[C@H](OCc2ccccc2)[C@H]2COS(=O)O2)O1. The van der Waals surface area contributed by atoms with Gasteiger partial charge in [0.15, 0.2) is 0 Å². The summed E-state index contributed by atoms with van der Waals surface area (Å²) in [6.45, 7) is 0.710. The van der Waals surface area contributed by atoms with Gasteiger partial charge < -0.3 is 9.47 Å². The molecule has 0 aliphatic carbocycles. The molecular formula is C20H22O8S2. The van der Waals surface area contributed by atoms with Gasteiger partial charge in [0.2, 0.25) is 0 Å².